The van der Waals surface area contributed by atoms with Gasteiger partial charge in [-0.25, -0.2) is 8.42 Å². The van der Waals surface area contributed by atoms with Crippen molar-refractivity contribution in [2.75, 3.05) is 0 Å². The molecule has 1 fully saturated rings. The monoisotopic (exact) mass is 425 g/mol. The van der Waals surface area contributed by atoms with Crippen molar-refractivity contribution in [2.24, 2.45) is 0 Å². The van der Waals surface area contributed by atoms with Crippen LogP contribution < -0.4 is 5.32 Å². The SMILES string of the molecule is CC(NC(=O)C1(S(=O)(=O)c2ccccc2)CCCC1)c1cccc(C(F)(F)F)c1. The van der Waals surface area contributed by atoms with Crippen molar-refractivity contribution < 1.29 is 26.4 Å². The van der Waals surface area contributed by atoms with Crippen molar-refractivity contribution in [2.45, 2.75) is 54.5 Å². The maximum atomic E-state index is 13.3. The van der Waals surface area contributed by atoms with Gasteiger partial charge in [0.05, 0.1) is 16.5 Å². The first kappa shape index (κ1) is 21.4. The second-order valence-electron chi connectivity index (χ2n) is 7.34. The molecule has 2 aromatic rings. The first-order chi connectivity index (χ1) is 13.6. The Labute approximate surface area is 168 Å². The number of hydrogen-bond donors (Lipinski definition) is 1. The average Bonchev–Trinajstić information content (AvgIpc) is 3.20. The summed E-state index contributed by atoms with van der Waals surface area (Å²) < 4.78 is 63.9. The highest BCUT2D eigenvalue weighted by atomic mass is 32.2. The maximum Gasteiger partial charge on any atom is 0.416 e. The molecule has 8 heteroatoms. The number of hydrogen-bond acceptors (Lipinski definition) is 3. The molecule has 0 aromatic heterocycles. The zero-order valence-electron chi connectivity index (χ0n) is 15.9. The molecule has 1 atom stereocenters. The quantitative estimate of drug-likeness (QED) is 0.757. The first-order valence-electron chi connectivity index (χ1n) is 9.36. The molecule has 1 N–H and O–H groups in total. The van der Waals surface area contributed by atoms with E-state index >= 15 is 0 Å². The van der Waals surface area contributed by atoms with Crippen molar-refractivity contribution in [3.63, 3.8) is 0 Å². The Balaban J connectivity index is 1.90. The van der Waals surface area contributed by atoms with Crippen LogP contribution in [0.5, 0.6) is 0 Å². The van der Waals surface area contributed by atoms with Gasteiger partial charge >= 0.3 is 6.18 Å². The molecule has 3 rings (SSSR count). The molecular formula is C21H22F3NO3S. The Morgan fingerprint density at radius 1 is 1.03 bits per heavy atom. The fraction of sp³-hybridized carbons (Fsp3) is 0.381. The third-order valence-corrected chi connectivity index (χ3v) is 7.97. The van der Waals surface area contributed by atoms with E-state index in [0.29, 0.717) is 12.8 Å². The predicted octanol–water partition coefficient (Wildman–Crippen LogP) is 4.67. The van der Waals surface area contributed by atoms with Crippen molar-refractivity contribution in [3.8, 4) is 0 Å². The van der Waals surface area contributed by atoms with Crippen molar-refractivity contribution in [3.05, 3.63) is 65.7 Å². The number of carbonyl (C=O) groups excluding carboxylic acids is 1. The van der Waals surface area contributed by atoms with E-state index in [-0.39, 0.29) is 23.3 Å². The van der Waals surface area contributed by atoms with Crippen LogP contribution >= 0.6 is 0 Å². The molecule has 1 amide bonds. The Morgan fingerprint density at radius 2 is 1.66 bits per heavy atom. The minimum atomic E-state index is -4.50. The van der Waals surface area contributed by atoms with Crippen molar-refractivity contribution >= 4 is 15.7 Å². The predicted molar refractivity (Wildman–Crippen MR) is 103 cm³/mol. The van der Waals surface area contributed by atoms with E-state index < -0.39 is 38.3 Å². The lowest BCUT2D eigenvalue weighted by atomic mass is 10.0. The van der Waals surface area contributed by atoms with Gasteiger partial charge < -0.3 is 5.32 Å². The summed E-state index contributed by atoms with van der Waals surface area (Å²) in [6, 6.07) is 11.7. The maximum absolute atomic E-state index is 13.3. The fourth-order valence-electron chi connectivity index (χ4n) is 3.79. The van der Waals surface area contributed by atoms with Gasteiger partial charge in [0.15, 0.2) is 14.6 Å². The highest BCUT2D eigenvalue weighted by Crippen LogP contribution is 2.41. The summed E-state index contributed by atoms with van der Waals surface area (Å²) >= 11 is 0. The minimum Gasteiger partial charge on any atom is -0.348 e. The molecule has 1 aliphatic carbocycles. The second kappa shape index (κ2) is 7.82. The highest BCUT2D eigenvalue weighted by Gasteiger charge is 2.53. The van der Waals surface area contributed by atoms with Crippen LogP contribution in [0.1, 0.15) is 49.8 Å². The molecule has 0 radical (unpaired) electrons. The number of carbonyl (C=O) groups is 1. The van der Waals surface area contributed by atoms with Gasteiger partial charge in [-0.3, -0.25) is 4.79 Å². The van der Waals surface area contributed by atoms with Crippen LogP contribution in [0.4, 0.5) is 13.2 Å². The van der Waals surface area contributed by atoms with Crippen LogP contribution in [0.15, 0.2) is 59.5 Å². The Hall–Kier alpha value is -2.35. The van der Waals surface area contributed by atoms with Crippen LogP contribution in [0.3, 0.4) is 0 Å². The minimum absolute atomic E-state index is 0.0729. The van der Waals surface area contributed by atoms with Crippen molar-refractivity contribution in [1.29, 1.82) is 0 Å². The Kier molecular flexibility index (Phi) is 5.76. The Morgan fingerprint density at radius 3 is 2.24 bits per heavy atom. The molecule has 1 saturated carbocycles. The van der Waals surface area contributed by atoms with Gasteiger partial charge in [0.2, 0.25) is 5.91 Å². The third-order valence-electron chi connectivity index (χ3n) is 5.45. The summed E-state index contributed by atoms with van der Waals surface area (Å²) in [4.78, 5) is 13.2. The summed E-state index contributed by atoms with van der Waals surface area (Å²) in [5.74, 6) is -0.663. The van der Waals surface area contributed by atoms with Crippen molar-refractivity contribution in [1.82, 2.24) is 5.32 Å². The molecule has 0 saturated heterocycles. The molecule has 4 nitrogen and oxygen atoms in total. The number of sulfone groups is 1. The van der Waals surface area contributed by atoms with Crippen LogP contribution in [0, 0.1) is 0 Å². The molecule has 29 heavy (non-hydrogen) atoms. The van der Waals surface area contributed by atoms with Gasteiger partial charge in [-0.05, 0) is 49.6 Å². The van der Waals surface area contributed by atoms with E-state index in [2.05, 4.69) is 5.32 Å². The molecule has 1 aliphatic rings. The first-order valence-corrected chi connectivity index (χ1v) is 10.8. The number of amides is 1. The zero-order chi connectivity index (χ0) is 21.3. The number of halogens is 3. The molecule has 0 aliphatic heterocycles. The van der Waals surface area contributed by atoms with E-state index in [1.54, 1.807) is 25.1 Å². The second-order valence-corrected chi connectivity index (χ2v) is 9.60. The summed E-state index contributed by atoms with van der Waals surface area (Å²) in [6.45, 7) is 1.55. The number of alkyl halides is 3. The van der Waals surface area contributed by atoms with Crippen LogP contribution in [-0.4, -0.2) is 19.1 Å². The molecule has 0 heterocycles. The molecule has 2 aromatic carbocycles. The fourth-order valence-corrected chi connectivity index (χ4v) is 5.88. The van der Waals surface area contributed by atoms with Crippen LogP contribution in [0.2, 0.25) is 0 Å². The van der Waals surface area contributed by atoms with E-state index in [1.807, 2.05) is 0 Å². The topological polar surface area (TPSA) is 63.2 Å². The third kappa shape index (κ3) is 4.03. The number of nitrogens with one attached hydrogen (secondary N) is 1. The smallest absolute Gasteiger partial charge is 0.348 e. The van der Waals surface area contributed by atoms with E-state index in [1.165, 1.54) is 24.3 Å². The Bertz CT molecular complexity index is 982. The highest BCUT2D eigenvalue weighted by molar-refractivity contribution is 7.93. The number of benzene rings is 2. The summed E-state index contributed by atoms with van der Waals surface area (Å²) in [7, 11) is -3.95. The number of rotatable bonds is 5. The van der Waals surface area contributed by atoms with Crippen LogP contribution in [0.25, 0.3) is 0 Å². The van der Waals surface area contributed by atoms with Gasteiger partial charge in [0, 0.05) is 0 Å². The van der Waals surface area contributed by atoms with E-state index in [4.69, 9.17) is 0 Å². The summed E-state index contributed by atoms with van der Waals surface area (Å²) in [5.41, 5.74) is -0.554. The zero-order valence-corrected chi connectivity index (χ0v) is 16.7. The normalized spacial score (nSPS) is 17.7. The summed E-state index contributed by atoms with van der Waals surface area (Å²) in [5, 5.41) is 2.65. The van der Waals surface area contributed by atoms with Gasteiger partial charge in [-0.1, -0.05) is 43.2 Å². The lowest BCUT2D eigenvalue weighted by Gasteiger charge is -2.29. The standard InChI is InChI=1S/C21H22F3NO3S/c1-15(16-8-7-9-17(14-16)21(22,23)24)25-19(26)20(12-5-6-13-20)29(27,28)18-10-3-2-4-11-18/h2-4,7-11,14-15H,5-6,12-13H2,1H3,(H,25,26). The molecule has 0 spiro atoms. The summed E-state index contributed by atoms with van der Waals surface area (Å²) in [6.07, 6.45) is -2.94. The average molecular weight is 425 g/mol. The molecule has 1 unspecified atom stereocenters. The lowest BCUT2D eigenvalue weighted by molar-refractivity contribution is -0.137. The molecule has 0 bridgehead atoms. The van der Waals surface area contributed by atoms with Gasteiger partial charge in [0.1, 0.15) is 0 Å². The van der Waals surface area contributed by atoms with E-state index in [9.17, 15) is 26.4 Å². The largest absolute Gasteiger partial charge is 0.416 e. The molecular weight excluding hydrogens is 403 g/mol. The van der Waals surface area contributed by atoms with Crippen LogP contribution in [-0.2, 0) is 20.8 Å². The van der Waals surface area contributed by atoms with E-state index in [0.717, 1.165) is 12.1 Å². The lowest BCUT2D eigenvalue weighted by Crippen LogP contribution is -2.51. The molecule has 156 valence electrons. The van der Waals surface area contributed by atoms with Gasteiger partial charge in [-0.15, -0.1) is 0 Å². The van der Waals surface area contributed by atoms with Gasteiger partial charge in [-0.2, -0.15) is 13.2 Å². The van der Waals surface area contributed by atoms with Gasteiger partial charge in [0.25, 0.3) is 0 Å².